The first-order chi connectivity index (χ1) is 13.1. The van der Waals surface area contributed by atoms with Crippen LogP contribution in [0.1, 0.15) is 24.0 Å². The van der Waals surface area contributed by atoms with Crippen LogP contribution in [-0.4, -0.2) is 69.8 Å². The summed E-state index contributed by atoms with van der Waals surface area (Å²) in [6.07, 6.45) is 2.12. The van der Waals surface area contributed by atoms with Crippen molar-refractivity contribution in [1.82, 2.24) is 20.9 Å². The molecule has 27 heavy (non-hydrogen) atoms. The predicted octanol–water partition coefficient (Wildman–Crippen LogP) is 0.887. The lowest BCUT2D eigenvalue weighted by molar-refractivity contribution is -0.120. The van der Waals surface area contributed by atoms with Gasteiger partial charge in [0.2, 0.25) is 5.91 Å². The minimum Gasteiger partial charge on any atom is -0.383 e. The number of ether oxygens (including phenoxy) is 1. The Morgan fingerprint density at radius 3 is 2.67 bits per heavy atom. The molecule has 1 aliphatic rings. The fraction of sp³-hybridized carbons (Fsp3) is 0.600. The first-order valence-electron chi connectivity index (χ1n) is 9.62. The fourth-order valence-electron chi connectivity index (χ4n) is 3.17. The third kappa shape index (κ3) is 7.56. The molecule has 1 heterocycles. The smallest absolute Gasteiger partial charge is 0.239 e. The second-order valence-electron chi connectivity index (χ2n) is 6.89. The van der Waals surface area contributed by atoms with E-state index in [1.807, 2.05) is 0 Å². The SMILES string of the molecule is CN=C(NCC(=O)NCCOC)NC1CCN(Cc2ccccc2C)CC1. The summed E-state index contributed by atoms with van der Waals surface area (Å²) in [6, 6.07) is 8.96. The summed E-state index contributed by atoms with van der Waals surface area (Å²) < 4.78 is 4.92. The van der Waals surface area contributed by atoms with E-state index in [2.05, 4.69) is 57.0 Å². The van der Waals surface area contributed by atoms with Gasteiger partial charge in [-0.25, -0.2) is 0 Å². The van der Waals surface area contributed by atoms with Crippen LogP contribution in [0.4, 0.5) is 0 Å². The zero-order chi connectivity index (χ0) is 19.5. The van der Waals surface area contributed by atoms with Gasteiger partial charge in [0.15, 0.2) is 5.96 Å². The normalized spacial score (nSPS) is 16.2. The molecule has 2 rings (SSSR count). The molecule has 1 aliphatic heterocycles. The van der Waals surface area contributed by atoms with Crippen molar-refractivity contribution in [2.45, 2.75) is 32.4 Å². The highest BCUT2D eigenvalue weighted by Gasteiger charge is 2.20. The molecule has 150 valence electrons. The van der Waals surface area contributed by atoms with E-state index in [-0.39, 0.29) is 12.5 Å². The molecule has 0 aromatic heterocycles. The number of amides is 1. The molecular formula is C20H33N5O2. The zero-order valence-electron chi connectivity index (χ0n) is 16.8. The molecule has 3 N–H and O–H groups in total. The Bertz CT molecular complexity index is 612. The van der Waals surface area contributed by atoms with Gasteiger partial charge in [0, 0.05) is 46.4 Å². The van der Waals surface area contributed by atoms with Crippen LogP contribution in [0.5, 0.6) is 0 Å². The minimum absolute atomic E-state index is 0.0666. The van der Waals surface area contributed by atoms with E-state index in [1.165, 1.54) is 11.1 Å². The van der Waals surface area contributed by atoms with Crippen LogP contribution in [0.25, 0.3) is 0 Å². The van der Waals surface area contributed by atoms with Crippen molar-refractivity contribution in [3.8, 4) is 0 Å². The number of piperidine rings is 1. The number of aliphatic imine (C=N–C) groups is 1. The monoisotopic (exact) mass is 375 g/mol. The van der Waals surface area contributed by atoms with Gasteiger partial charge in [0.25, 0.3) is 0 Å². The predicted molar refractivity (Wildman–Crippen MR) is 109 cm³/mol. The van der Waals surface area contributed by atoms with Gasteiger partial charge >= 0.3 is 0 Å². The molecule has 0 spiro atoms. The first-order valence-corrected chi connectivity index (χ1v) is 9.62. The number of rotatable bonds is 8. The summed E-state index contributed by atoms with van der Waals surface area (Å²) in [6.45, 7) is 6.53. The number of nitrogens with zero attached hydrogens (tertiary/aromatic N) is 2. The number of guanidine groups is 1. The van der Waals surface area contributed by atoms with Crippen molar-refractivity contribution in [3.05, 3.63) is 35.4 Å². The van der Waals surface area contributed by atoms with Crippen molar-refractivity contribution in [3.63, 3.8) is 0 Å². The molecule has 0 atom stereocenters. The largest absolute Gasteiger partial charge is 0.383 e. The molecule has 0 radical (unpaired) electrons. The third-order valence-electron chi connectivity index (χ3n) is 4.85. The second kappa shape index (κ2) is 11.6. The van der Waals surface area contributed by atoms with Crippen LogP contribution in [0.2, 0.25) is 0 Å². The topological polar surface area (TPSA) is 78.0 Å². The highest BCUT2D eigenvalue weighted by atomic mass is 16.5. The number of hydrogen-bond acceptors (Lipinski definition) is 4. The van der Waals surface area contributed by atoms with Gasteiger partial charge in [-0.3, -0.25) is 14.7 Å². The lowest BCUT2D eigenvalue weighted by atomic mass is 10.0. The van der Waals surface area contributed by atoms with Crippen LogP contribution in [0.3, 0.4) is 0 Å². The van der Waals surface area contributed by atoms with Gasteiger partial charge in [0.1, 0.15) is 0 Å². The Morgan fingerprint density at radius 2 is 2.00 bits per heavy atom. The van der Waals surface area contributed by atoms with Crippen molar-refractivity contribution in [2.75, 3.05) is 46.9 Å². The number of methoxy groups -OCH3 is 1. The third-order valence-corrected chi connectivity index (χ3v) is 4.85. The van der Waals surface area contributed by atoms with Gasteiger partial charge in [-0.15, -0.1) is 0 Å². The average Bonchev–Trinajstić information content (AvgIpc) is 2.68. The molecule has 7 heteroatoms. The summed E-state index contributed by atoms with van der Waals surface area (Å²) in [5.74, 6) is 0.609. The zero-order valence-corrected chi connectivity index (χ0v) is 16.8. The molecule has 1 aromatic rings. The minimum atomic E-state index is -0.0666. The maximum absolute atomic E-state index is 11.8. The van der Waals surface area contributed by atoms with Crippen LogP contribution < -0.4 is 16.0 Å². The maximum atomic E-state index is 11.8. The van der Waals surface area contributed by atoms with E-state index >= 15 is 0 Å². The lowest BCUT2D eigenvalue weighted by Gasteiger charge is -2.33. The van der Waals surface area contributed by atoms with E-state index in [0.29, 0.717) is 25.2 Å². The number of carbonyl (C=O) groups is 1. The molecule has 1 amide bonds. The van der Waals surface area contributed by atoms with Gasteiger partial charge in [-0.2, -0.15) is 0 Å². The molecule has 0 bridgehead atoms. The Labute approximate surface area is 162 Å². The Balaban J connectivity index is 1.69. The molecule has 1 fully saturated rings. The number of carbonyl (C=O) groups excluding carboxylic acids is 1. The summed E-state index contributed by atoms with van der Waals surface area (Å²) in [5, 5.41) is 9.29. The lowest BCUT2D eigenvalue weighted by Crippen LogP contribution is -2.50. The van der Waals surface area contributed by atoms with E-state index in [1.54, 1.807) is 14.2 Å². The van der Waals surface area contributed by atoms with E-state index in [9.17, 15) is 4.79 Å². The molecule has 0 unspecified atom stereocenters. The highest BCUT2D eigenvalue weighted by Crippen LogP contribution is 2.16. The first kappa shape index (κ1) is 21.2. The van der Waals surface area contributed by atoms with Crippen LogP contribution >= 0.6 is 0 Å². The summed E-state index contributed by atoms with van der Waals surface area (Å²) in [7, 11) is 3.34. The molecule has 0 saturated carbocycles. The van der Waals surface area contributed by atoms with Gasteiger partial charge in [0.05, 0.1) is 13.2 Å². The summed E-state index contributed by atoms with van der Waals surface area (Å²) in [4.78, 5) is 18.5. The van der Waals surface area contributed by atoms with Gasteiger partial charge in [-0.1, -0.05) is 24.3 Å². The fourth-order valence-corrected chi connectivity index (χ4v) is 3.17. The number of hydrogen-bond donors (Lipinski definition) is 3. The van der Waals surface area contributed by atoms with Gasteiger partial charge in [-0.05, 0) is 30.9 Å². The van der Waals surface area contributed by atoms with Crippen LogP contribution in [0, 0.1) is 6.92 Å². The van der Waals surface area contributed by atoms with Crippen molar-refractivity contribution < 1.29 is 9.53 Å². The van der Waals surface area contributed by atoms with Crippen molar-refractivity contribution in [1.29, 1.82) is 0 Å². The molecule has 0 aliphatic carbocycles. The van der Waals surface area contributed by atoms with Crippen molar-refractivity contribution >= 4 is 11.9 Å². The average molecular weight is 376 g/mol. The Hall–Kier alpha value is -2.12. The number of nitrogens with one attached hydrogen (secondary N) is 3. The standard InChI is InChI=1S/C20H33N5O2/c1-16-6-4-5-7-17(16)15-25-11-8-18(9-12-25)24-20(21-2)23-14-19(26)22-10-13-27-3/h4-7,18H,8-15H2,1-3H3,(H,22,26)(H2,21,23,24). The summed E-state index contributed by atoms with van der Waals surface area (Å²) in [5.41, 5.74) is 2.76. The molecule has 7 nitrogen and oxygen atoms in total. The Kier molecular flexibility index (Phi) is 9.07. The second-order valence-corrected chi connectivity index (χ2v) is 6.89. The number of benzene rings is 1. The number of aryl methyl sites for hydroxylation is 1. The van der Waals surface area contributed by atoms with E-state index < -0.39 is 0 Å². The summed E-state index contributed by atoms with van der Waals surface area (Å²) >= 11 is 0. The van der Waals surface area contributed by atoms with Crippen molar-refractivity contribution in [2.24, 2.45) is 4.99 Å². The maximum Gasteiger partial charge on any atom is 0.239 e. The van der Waals surface area contributed by atoms with E-state index in [0.717, 1.165) is 32.5 Å². The van der Waals surface area contributed by atoms with Gasteiger partial charge < -0.3 is 20.7 Å². The van der Waals surface area contributed by atoms with Crippen LogP contribution in [-0.2, 0) is 16.1 Å². The Morgan fingerprint density at radius 1 is 1.26 bits per heavy atom. The molecular weight excluding hydrogens is 342 g/mol. The molecule has 1 aromatic carbocycles. The van der Waals surface area contributed by atoms with Crippen LogP contribution in [0.15, 0.2) is 29.3 Å². The quantitative estimate of drug-likeness (QED) is 0.357. The van der Waals surface area contributed by atoms with E-state index in [4.69, 9.17) is 4.74 Å². The number of likely N-dealkylation sites (tertiary alicyclic amines) is 1. The highest BCUT2D eigenvalue weighted by molar-refractivity contribution is 5.86. The molecule has 1 saturated heterocycles.